The molecule has 0 aliphatic heterocycles. The molecule has 0 bridgehead atoms. The number of hydrogen-bond donors (Lipinski definition) is 2. The minimum Gasteiger partial charge on any atom is -0.459 e. The van der Waals surface area contributed by atoms with Crippen molar-refractivity contribution in [2.45, 2.75) is 6.54 Å². The number of sulfonamides is 1. The largest absolute Gasteiger partial charge is 0.459 e. The summed E-state index contributed by atoms with van der Waals surface area (Å²) in [6.45, 7) is 0.121. The Morgan fingerprint density at radius 2 is 2.28 bits per heavy atom. The van der Waals surface area contributed by atoms with Crippen LogP contribution in [0.25, 0.3) is 0 Å². The number of hydrogen-bond acceptors (Lipinski definition) is 5. The van der Waals surface area contributed by atoms with Crippen molar-refractivity contribution in [3.05, 3.63) is 23.7 Å². The van der Waals surface area contributed by atoms with E-state index < -0.39 is 16.1 Å². The molecule has 0 aliphatic carbocycles. The van der Waals surface area contributed by atoms with E-state index in [9.17, 15) is 13.2 Å². The van der Waals surface area contributed by atoms with E-state index in [1.165, 1.54) is 13.3 Å². The van der Waals surface area contributed by atoms with Gasteiger partial charge in [0.2, 0.25) is 10.0 Å². The lowest BCUT2D eigenvalue weighted by Crippen LogP contribution is -2.24. The molecule has 0 radical (unpaired) electrons. The molecule has 0 atom stereocenters. The van der Waals surface area contributed by atoms with Gasteiger partial charge in [-0.05, 0) is 12.1 Å². The third kappa shape index (κ3) is 4.55. The summed E-state index contributed by atoms with van der Waals surface area (Å²) in [6.07, 6.45) is 2.36. The monoisotopic (exact) mass is 274 g/mol. The molecule has 8 nitrogen and oxygen atoms in total. The fraction of sp³-hybridized carbons (Fsp3) is 0.333. The number of hydrazone groups is 1. The van der Waals surface area contributed by atoms with Gasteiger partial charge in [0.15, 0.2) is 0 Å². The minimum absolute atomic E-state index is 0.121. The number of carbonyl (C=O) groups is 1. The van der Waals surface area contributed by atoms with E-state index in [0.29, 0.717) is 11.5 Å². The quantitative estimate of drug-likeness (QED) is 0.564. The molecule has 0 saturated carbocycles. The maximum Gasteiger partial charge on any atom is 0.332 e. The van der Waals surface area contributed by atoms with Crippen LogP contribution in [0.4, 0.5) is 4.79 Å². The van der Waals surface area contributed by atoms with Crippen molar-refractivity contribution in [1.29, 1.82) is 0 Å². The molecule has 0 fully saturated rings. The van der Waals surface area contributed by atoms with Gasteiger partial charge in [0.25, 0.3) is 0 Å². The molecule has 9 heteroatoms. The molecule has 0 aromatic carbocycles. The van der Waals surface area contributed by atoms with E-state index in [-0.39, 0.29) is 6.54 Å². The average Bonchev–Trinajstić information content (AvgIpc) is 2.63. The number of amides is 2. The lowest BCUT2D eigenvalue weighted by Gasteiger charge is -2.11. The highest BCUT2D eigenvalue weighted by Crippen LogP contribution is 2.09. The molecular weight excluding hydrogens is 260 g/mol. The lowest BCUT2D eigenvalue weighted by molar-refractivity contribution is 0.249. The Balaban J connectivity index is 2.64. The molecule has 0 aliphatic rings. The van der Waals surface area contributed by atoms with Crippen molar-refractivity contribution in [1.82, 2.24) is 9.73 Å². The van der Waals surface area contributed by atoms with E-state index in [2.05, 4.69) is 5.10 Å². The summed E-state index contributed by atoms with van der Waals surface area (Å²) < 4.78 is 28.8. The summed E-state index contributed by atoms with van der Waals surface area (Å²) in [5, 5.41) is 3.51. The Kier molecular flexibility index (Phi) is 4.45. The second-order valence-corrected chi connectivity index (χ2v) is 5.65. The molecule has 1 aromatic rings. The zero-order valence-corrected chi connectivity index (χ0v) is 10.8. The van der Waals surface area contributed by atoms with Gasteiger partial charge in [0, 0.05) is 7.05 Å². The van der Waals surface area contributed by atoms with Gasteiger partial charge in [-0.15, -0.1) is 0 Å². The Morgan fingerprint density at radius 3 is 2.83 bits per heavy atom. The van der Waals surface area contributed by atoms with E-state index >= 15 is 0 Å². The van der Waals surface area contributed by atoms with Crippen LogP contribution in [-0.2, 0) is 16.6 Å². The van der Waals surface area contributed by atoms with Crippen molar-refractivity contribution in [2.75, 3.05) is 13.3 Å². The summed E-state index contributed by atoms with van der Waals surface area (Å²) in [5.74, 6) is 0.837. The highest BCUT2D eigenvalue weighted by atomic mass is 32.2. The van der Waals surface area contributed by atoms with Gasteiger partial charge in [0.1, 0.15) is 11.5 Å². The van der Waals surface area contributed by atoms with E-state index in [0.717, 1.165) is 10.6 Å². The third-order valence-corrected chi connectivity index (χ3v) is 3.26. The van der Waals surface area contributed by atoms with Gasteiger partial charge in [-0.25, -0.2) is 18.6 Å². The summed E-state index contributed by atoms with van der Waals surface area (Å²) in [6, 6.07) is 2.43. The second-order valence-electron chi connectivity index (χ2n) is 3.56. The first-order chi connectivity index (χ1) is 8.29. The number of nitrogens with two attached hydrogens (primary N) is 1. The van der Waals surface area contributed by atoms with E-state index in [1.807, 2.05) is 5.43 Å². The molecule has 0 saturated heterocycles. The molecule has 18 heavy (non-hydrogen) atoms. The van der Waals surface area contributed by atoms with Crippen molar-refractivity contribution in [3.8, 4) is 0 Å². The van der Waals surface area contributed by atoms with Crippen LogP contribution in [0.5, 0.6) is 0 Å². The number of furan rings is 1. The van der Waals surface area contributed by atoms with Crippen LogP contribution in [-0.4, -0.2) is 38.3 Å². The maximum absolute atomic E-state index is 11.2. The molecule has 2 amide bonds. The summed E-state index contributed by atoms with van der Waals surface area (Å²) in [5.41, 5.74) is 6.82. The zero-order chi connectivity index (χ0) is 13.8. The Morgan fingerprint density at radius 1 is 1.61 bits per heavy atom. The van der Waals surface area contributed by atoms with Crippen LogP contribution in [0, 0.1) is 0 Å². The predicted octanol–water partition coefficient (Wildman–Crippen LogP) is -0.327. The second kappa shape index (κ2) is 5.65. The normalized spacial score (nSPS) is 12.2. The van der Waals surface area contributed by atoms with E-state index in [4.69, 9.17) is 10.2 Å². The standard InChI is InChI=1S/C9H14N4O4S/c1-13(18(2,15)16)6-8-4-3-7(17-8)5-11-12-9(10)14/h3-5H,6H2,1-2H3,(H3,10,12,14)/b11-5+. The first kappa shape index (κ1) is 14.2. The molecule has 0 spiro atoms. The number of primary amides is 1. The number of rotatable bonds is 5. The highest BCUT2D eigenvalue weighted by Gasteiger charge is 2.13. The van der Waals surface area contributed by atoms with Crippen LogP contribution in [0.3, 0.4) is 0 Å². The van der Waals surface area contributed by atoms with Crippen LogP contribution in [0.15, 0.2) is 21.7 Å². The number of carbonyl (C=O) groups excluding carboxylic acids is 1. The highest BCUT2D eigenvalue weighted by molar-refractivity contribution is 7.88. The average molecular weight is 274 g/mol. The van der Waals surface area contributed by atoms with E-state index in [1.54, 1.807) is 12.1 Å². The van der Waals surface area contributed by atoms with Crippen molar-refractivity contribution < 1.29 is 17.6 Å². The smallest absolute Gasteiger partial charge is 0.332 e. The first-order valence-electron chi connectivity index (χ1n) is 4.87. The lowest BCUT2D eigenvalue weighted by atomic mass is 10.4. The SMILES string of the molecule is CN(Cc1ccc(/C=N/NC(N)=O)o1)S(C)(=O)=O. The van der Waals surface area contributed by atoms with Crippen LogP contribution in [0.2, 0.25) is 0 Å². The maximum atomic E-state index is 11.2. The summed E-state index contributed by atoms with van der Waals surface area (Å²) >= 11 is 0. The van der Waals surface area contributed by atoms with Crippen molar-refractivity contribution in [3.63, 3.8) is 0 Å². The van der Waals surface area contributed by atoms with Crippen LogP contribution in [0.1, 0.15) is 11.5 Å². The molecular formula is C9H14N4O4S. The third-order valence-electron chi connectivity index (χ3n) is 1.99. The molecule has 1 heterocycles. The van der Waals surface area contributed by atoms with Crippen LogP contribution < -0.4 is 11.2 Å². The summed E-state index contributed by atoms with van der Waals surface area (Å²) in [4.78, 5) is 10.3. The van der Waals surface area contributed by atoms with Crippen LogP contribution >= 0.6 is 0 Å². The van der Waals surface area contributed by atoms with Gasteiger partial charge in [-0.1, -0.05) is 0 Å². The van der Waals surface area contributed by atoms with Gasteiger partial charge in [-0.2, -0.15) is 9.41 Å². The Bertz CT molecular complexity index is 549. The van der Waals surface area contributed by atoms with Gasteiger partial charge >= 0.3 is 6.03 Å². The molecule has 1 aromatic heterocycles. The minimum atomic E-state index is -3.25. The topological polar surface area (TPSA) is 118 Å². The van der Waals surface area contributed by atoms with Crippen molar-refractivity contribution >= 4 is 22.3 Å². The fourth-order valence-electron chi connectivity index (χ4n) is 1.05. The van der Waals surface area contributed by atoms with Gasteiger partial charge in [-0.3, -0.25) is 0 Å². The summed E-state index contributed by atoms with van der Waals surface area (Å²) in [7, 11) is -1.81. The Labute approximate surface area is 104 Å². The number of nitrogens with zero attached hydrogens (tertiary/aromatic N) is 2. The fourth-order valence-corrected chi connectivity index (χ4v) is 1.41. The predicted molar refractivity (Wildman–Crippen MR) is 65.3 cm³/mol. The molecule has 0 unspecified atom stereocenters. The van der Waals surface area contributed by atoms with Gasteiger partial charge < -0.3 is 10.2 Å². The van der Waals surface area contributed by atoms with Gasteiger partial charge in [0.05, 0.1) is 19.0 Å². The first-order valence-corrected chi connectivity index (χ1v) is 6.72. The molecule has 3 N–H and O–H groups in total. The zero-order valence-electron chi connectivity index (χ0n) is 9.95. The molecule has 1 rings (SSSR count). The molecule has 100 valence electrons. The number of urea groups is 1. The number of nitrogens with one attached hydrogen (secondary N) is 1. The Hall–Kier alpha value is -1.87. The van der Waals surface area contributed by atoms with Crippen molar-refractivity contribution in [2.24, 2.45) is 10.8 Å².